The molecule has 0 saturated heterocycles. The molecular formula is C15H30NaO4. The zero-order valence-corrected chi connectivity index (χ0v) is 15.2. The van der Waals surface area contributed by atoms with Crippen molar-refractivity contribution in [2.45, 2.75) is 83.3 Å². The number of aliphatic hydroxyl groups is 3. The summed E-state index contributed by atoms with van der Waals surface area (Å²) < 4.78 is 0. The molecule has 2 unspecified atom stereocenters. The molecular weight excluding hydrogens is 267 g/mol. The molecule has 0 aliphatic heterocycles. The molecule has 2 atom stereocenters. The molecule has 0 saturated carbocycles. The zero-order valence-electron chi connectivity index (χ0n) is 13.2. The van der Waals surface area contributed by atoms with E-state index in [1.807, 2.05) is 0 Å². The van der Waals surface area contributed by atoms with E-state index in [0.29, 0.717) is 0 Å². The fourth-order valence-corrected chi connectivity index (χ4v) is 2.07. The molecule has 0 rings (SSSR count). The third-order valence-corrected chi connectivity index (χ3v) is 3.41. The topological polar surface area (TPSA) is 77.8 Å². The smallest absolute Gasteiger partial charge is 0.164 e. The third-order valence-electron chi connectivity index (χ3n) is 3.41. The van der Waals surface area contributed by atoms with Gasteiger partial charge < -0.3 is 15.3 Å². The first-order chi connectivity index (χ1) is 9.13. The van der Waals surface area contributed by atoms with Crippen LogP contribution in [0.25, 0.3) is 0 Å². The summed E-state index contributed by atoms with van der Waals surface area (Å²) in [4.78, 5) is 11.4. The summed E-state index contributed by atoms with van der Waals surface area (Å²) in [5.74, 6) is -0.371. The van der Waals surface area contributed by atoms with Gasteiger partial charge in [-0.05, 0) is 6.42 Å². The van der Waals surface area contributed by atoms with E-state index in [1.165, 1.54) is 38.5 Å². The predicted molar refractivity (Wildman–Crippen MR) is 81.7 cm³/mol. The van der Waals surface area contributed by atoms with Crippen molar-refractivity contribution in [1.82, 2.24) is 0 Å². The Labute approximate surface area is 145 Å². The van der Waals surface area contributed by atoms with Crippen LogP contribution < -0.4 is 0 Å². The third kappa shape index (κ3) is 12.3. The summed E-state index contributed by atoms with van der Waals surface area (Å²) in [6.45, 7) is 1.63. The first-order valence-corrected chi connectivity index (χ1v) is 7.63. The number of Topliss-reactive ketones (excluding diaryl/α,β-unsaturated/α-hetero) is 1. The predicted octanol–water partition coefficient (Wildman–Crippen LogP) is 1.81. The van der Waals surface area contributed by atoms with Gasteiger partial charge in [0.25, 0.3) is 0 Å². The van der Waals surface area contributed by atoms with Crippen LogP contribution in [-0.2, 0) is 4.79 Å². The van der Waals surface area contributed by atoms with Gasteiger partial charge >= 0.3 is 0 Å². The molecule has 0 amide bonds. The van der Waals surface area contributed by atoms with E-state index >= 15 is 0 Å². The number of rotatable bonds is 13. The summed E-state index contributed by atoms with van der Waals surface area (Å²) in [6, 6.07) is 0. The number of hydrogen-bond acceptors (Lipinski definition) is 4. The van der Waals surface area contributed by atoms with Gasteiger partial charge in [0.15, 0.2) is 5.78 Å². The first-order valence-electron chi connectivity index (χ1n) is 7.63. The van der Waals surface area contributed by atoms with Gasteiger partial charge in [0.05, 0.1) is 6.61 Å². The van der Waals surface area contributed by atoms with Crippen molar-refractivity contribution in [3.8, 4) is 0 Å². The summed E-state index contributed by atoms with van der Waals surface area (Å²) >= 11 is 0. The maximum atomic E-state index is 11.4. The average molecular weight is 297 g/mol. The van der Waals surface area contributed by atoms with Gasteiger partial charge in [-0.2, -0.15) is 0 Å². The maximum Gasteiger partial charge on any atom is 0.164 e. The molecule has 0 spiro atoms. The molecule has 0 aromatic carbocycles. The standard InChI is InChI=1S/C15H30O4.Na/c1-2-3-4-5-6-7-8-9-10-11-13(17)15(19)14(18)12-16;/h14-16,18-19H,2-12H2,1H3;. The van der Waals surface area contributed by atoms with Crippen LogP contribution in [0.3, 0.4) is 0 Å². The van der Waals surface area contributed by atoms with Gasteiger partial charge in [-0.1, -0.05) is 58.3 Å². The van der Waals surface area contributed by atoms with Crippen molar-refractivity contribution in [3.63, 3.8) is 0 Å². The van der Waals surface area contributed by atoms with Crippen LogP contribution in [0.2, 0.25) is 0 Å². The first kappa shape index (κ1) is 22.8. The van der Waals surface area contributed by atoms with Gasteiger partial charge in [0, 0.05) is 36.0 Å². The summed E-state index contributed by atoms with van der Waals surface area (Å²) in [6.07, 6.45) is 8.05. The molecule has 3 N–H and O–H groups in total. The minimum atomic E-state index is -1.43. The zero-order chi connectivity index (χ0) is 14.5. The molecule has 0 aliphatic carbocycles. The molecule has 0 aliphatic rings. The van der Waals surface area contributed by atoms with E-state index in [2.05, 4.69) is 6.92 Å². The molecule has 5 heteroatoms. The minimum Gasteiger partial charge on any atom is -0.394 e. The molecule has 20 heavy (non-hydrogen) atoms. The summed E-state index contributed by atoms with van der Waals surface area (Å²) in [7, 11) is 0. The molecule has 4 nitrogen and oxygen atoms in total. The van der Waals surface area contributed by atoms with E-state index in [4.69, 9.17) is 10.2 Å². The molecule has 115 valence electrons. The SMILES string of the molecule is CCCCCCCCCCCC(=O)C(O)C(O)CO.[Na]. The van der Waals surface area contributed by atoms with Crippen molar-refractivity contribution in [1.29, 1.82) is 0 Å². The molecule has 0 aromatic rings. The second-order valence-electron chi connectivity index (χ2n) is 5.24. The molecule has 0 aromatic heterocycles. The maximum absolute atomic E-state index is 11.4. The minimum absolute atomic E-state index is 0. The van der Waals surface area contributed by atoms with Gasteiger partial charge in [-0.25, -0.2) is 0 Å². The van der Waals surface area contributed by atoms with E-state index in [-0.39, 0.29) is 41.8 Å². The summed E-state index contributed by atoms with van der Waals surface area (Å²) in [5.41, 5.74) is 0. The monoisotopic (exact) mass is 297 g/mol. The van der Waals surface area contributed by atoms with Crippen LogP contribution in [0, 0.1) is 0 Å². The fourth-order valence-electron chi connectivity index (χ4n) is 2.07. The Morgan fingerprint density at radius 1 is 0.900 bits per heavy atom. The Bertz CT molecular complexity index is 224. The Balaban J connectivity index is 0. The fraction of sp³-hybridized carbons (Fsp3) is 0.933. The van der Waals surface area contributed by atoms with Crippen molar-refractivity contribution in [3.05, 3.63) is 0 Å². The van der Waals surface area contributed by atoms with E-state index < -0.39 is 18.8 Å². The normalized spacial score (nSPS) is 13.6. The quantitative estimate of drug-likeness (QED) is 0.358. The van der Waals surface area contributed by atoms with Crippen LogP contribution in [0.4, 0.5) is 0 Å². The van der Waals surface area contributed by atoms with Crippen molar-refractivity contribution in [2.24, 2.45) is 0 Å². The van der Waals surface area contributed by atoms with Gasteiger partial charge in [-0.15, -0.1) is 0 Å². The van der Waals surface area contributed by atoms with Gasteiger partial charge in [-0.3, -0.25) is 4.79 Å². The van der Waals surface area contributed by atoms with E-state index in [9.17, 15) is 9.90 Å². The van der Waals surface area contributed by atoms with Crippen LogP contribution in [0.5, 0.6) is 0 Å². The number of unbranched alkanes of at least 4 members (excludes halogenated alkanes) is 8. The Hall–Kier alpha value is 0.550. The second-order valence-corrected chi connectivity index (χ2v) is 5.24. The number of carbonyl (C=O) groups is 1. The molecule has 0 fully saturated rings. The Morgan fingerprint density at radius 3 is 1.80 bits per heavy atom. The average Bonchev–Trinajstić information content (AvgIpc) is 2.43. The number of ketones is 1. The second kappa shape index (κ2) is 15.9. The molecule has 1 radical (unpaired) electrons. The Kier molecular flexibility index (Phi) is 18.2. The summed E-state index contributed by atoms with van der Waals surface area (Å²) in [5, 5.41) is 27.1. The number of hydrogen-bond donors (Lipinski definition) is 3. The van der Waals surface area contributed by atoms with Crippen LogP contribution in [0.1, 0.15) is 71.1 Å². The van der Waals surface area contributed by atoms with Crippen LogP contribution in [0.15, 0.2) is 0 Å². The van der Waals surface area contributed by atoms with Crippen molar-refractivity contribution < 1.29 is 20.1 Å². The molecule has 0 heterocycles. The van der Waals surface area contributed by atoms with Crippen molar-refractivity contribution >= 4 is 35.3 Å². The van der Waals surface area contributed by atoms with Crippen LogP contribution >= 0.6 is 0 Å². The van der Waals surface area contributed by atoms with Gasteiger partial charge in [0.1, 0.15) is 12.2 Å². The molecule has 0 bridgehead atoms. The number of carbonyl (C=O) groups excluding carboxylic acids is 1. The Morgan fingerprint density at radius 2 is 1.35 bits per heavy atom. The van der Waals surface area contributed by atoms with E-state index in [1.54, 1.807) is 0 Å². The van der Waals surface area contributed by atoms with E-state index in [0.717, 1.165) is 19.3 Å². The van der Waals surface area contributed by atoms with Crippen LogP contribution in [-0.4, -0.2) is 69.5 Å². The van der Waals surface area contributed by atoms with Crippen molar-refractivity contribution in [2.75, 3.05) is 6.61 Å². The number of aliphatic hydroxyl groups excluding tert-OH is 3. The van der Waals surface area contributed by atoms with Gasteiger partial charge in [0.2, 0.25) is 0 Å². The largest absolute Gasteiger partial charge is 0.394 e.